The van der Waals surface area contributed by atoms with Crippen LogP contribution in [0.2, 0.25) is 0 Å². The van der Waals surface area contributed by atoms with Gasteiger partial charge in [-0.1, -0.05) is 31.5 Å². The van der Waals surface area contributed by atoms with E-state index in [-0.39, 0.29) is 12.2 Å². The first-order valence-electron chi connectivity index (χ1n) is 6.83. The van der Waals surface area contributed by atoms with E-state index in [4.69, 9.17) is 0 Å². The molecule has 0 aliphatic rings. The molecule has 1 heterocycles. The van der Waals surface area contributed by atoms with Gasteiger partial charge in [0.2, 0.25) is 0 Å². The van der Waals surface area contributed by atoms with Crippen molar-refractivity contribution >= 4 is 5.97 Å². The number of benzene rings is 1. The van der Waals surface area contributed by atoms with E-state index in [1.165, 1.54) is 6.07 Å². The van der Waals surface area contributed by atoms with Crippen molar-refractivity contribution in [2.45, 2.75) is 32.1 Å². The average Bonchev–Trinajstić information content (AvgIpc) is 2.98. The van der Waals surface area contributed by atoms with Crippen LogP contribution in [-0.4, -0.2) is 31.7 Å². The fourth-order valence-corrected chi connectivity index (χ4v) is 2.46. The molecule has 2 rings (SSSR count). The number of carboxylic acids is 1. The van der Waals surface area contributed by atoms with Crippen LogP contribution in [0.3, 0.4) is 0 Å². The van der Waals surface area contributed by atoms with E-state index in [0.717, 1.165) is 0 Å². The van der Waals surface area contributed by atoms with Crippen LogP contribution >= 0.6 is 0 Å². The van der Waals surface area contributed by atoms with E-state index >= 15 is 0 Å². The van der Waals surface area contributed by atoms with Gasteiger partial charge in [0.05, 0.1) is 5.92 Å². The Morgan fingerprint density at radius 1 is 1.43 bits per heavy atom. The van der Waals surface area contributed by atoms with Gasteiger partial charge in [0, 0.05) is 5.92 Å². The first-order chi connectivity index (χ1) is 10.1. The van der Waals surface area contributed by atoms with Crippen LogP contribution in [0.5, 0.6) is 0 Å². The molecule has 0 radical (unpaired) electrons. The normalized spacial score (nSPS) is 13.8. The zero-order chi connectivity index (χ0) is 15.2. The highest BCUT2D eigenvalue weighted by Crippen LogP contribution is 2.30. The third kappa shape index (κ3) is 3.62. The SMILES string of the molecule is CCCC(C(=O)O)[C@H](Cc1ccccc1F)c1nnn[nH]1. The molecule has 0 saturated carbocycles. The van der Waals surface area contributed by atoms with E-state index in [9.17, 15) is 14.3 Å². The number of tetrazole rings is 1. The maximum atomic E-state index is 13.8. The number of aliphatic carboxylic acids is 1. The number of rotatable bonds is 7. The van der Waals surface area contributed by atoms with Crippen LogP contribution in [0, 0.1) is 11.7 Å². The molecule has 0 spiro atoms. The van der Waals surface area contributed by atoms with Gasteiger partial charge in [-0.25, -0.2) is 9.49 Å². The Hall–Kier alpha value is -2.31. The van der Waals surface area contributed by atoms with Gasteiger partial charge in [-0.2, -0.15) is 0 Å². The van der Waals surface area contributed by atoms with Gasteiger partial charge in [0.25, 0.3) is 0 Å². The molecular weight excluding hydrogens is 275 g/mol. The number of nitrogens with zero attached hydrogens (tertiary/aromatic N) is 3. The molecule has 0 aliphatic heterocycles. The minimum Gasteiger partial charge on any atom is -0.481 e. The van der Waals surface area contributed by atoms with E-state index in [2.05, 4.69) is 20.6 Å². The predicted octanol–water partition coefficient (Wildman–Crippen LogP) is 2.17. The zero-order valence-electron chi connectivity index (χ0n) is 11.7. The van der Waals surface area contributed by atoms with Gasteiger partial charge in [-0.05, 0) is 34.9 Å². The molecule has 1 unspecified atom stereocenters. The summed E-state index contributed by atoms with van der Waals surface area (Å²) in [5.41, 5.74) is 0.459. The second kappa shape index (κ2) is 6.92. The van der Waals surface area contributed by atoms with Gasteiger partial charge >= 0.3 is 5.97 Å². The van der Waals surface area contributed by atoms with Crippen LogP contribution < -0.4 is 0 Å². The maximum Gasteiger partial charge on any atom is 0.307 e. The minimum absolute atomic E-state index is 0.237. The highest BCUT2D eigenvalue weighted by Gasteiger charge is 2.32. The first kappa shape index (κ1) is 15.1. The molecule has 0 fully saturated rings. The smallest absolute Gasteiger partial charge is 0.307 e. The molecule has 1 aromatic heterocycles. The summed E-state index contributed by atoms with van der Waals surface area (Å²) in [5.74, 6) is -2.05. The molecule has 2 aromatic rings. The number of halogens is 1. The van der Waals surface area contributed by atoms with Gasteiger partial charge in [-0.15, -0.1) is 5.10 Å². The quantitative estimate of drug-likeness (QED) is 0.816. The van der Waals surface area contributed by atoms with Gasteiger partial charge in [0.1, 0.15) is 5.82 Å². The summed E-state index contributed by atoms with van der Waals surface area (Å²) < 4.78 is 13.8. The summed E-state index contributed by atoms with van der Waals surface area (Å²) in [5, 5.41) is 22.9. The number of aromatic nitrogens is 4. The van der Waals surface area contributed by atoms with Crippen LogP contribution in [0.25, 0.3) is 0 Å². The van der Waals surface area contributed by atoms with Crippen molar-refractivity contribution in [1.29, 1.82) is 0 Å². The third-order valence-corrected chi connectivity index (χ3v) is 3.51. The molecule has 0 bridgehead atoms. The number of carboxylic acid groups (broad SMARTS) is 1. The second-order valence-corrected chi connectivity index (χ2v) is 4.92. The van der Waals surface area contributed by atoms with E-state index < -0.39 is 17.8 Å². The van der Waals surface area contributed by atoms with Gasteiger partial charge in [0.15, 0.2) is 5.82 Å². The van der Waals surface area contributed by atoms with Crippen molar-refractivity contribution < 1.29 is 14.3 Å². The van der Waals surface area contributed by atoms with Crippen LogP contribution in [0.15, 0.2) is 24.3 Å². The number of nitrogens with one attached hydrogen (secondary N) is 1. The number of aromatic amines is 1. The molecule has 0 aliphatic carbocycles. The third-order valence-electron chi connectivity index (χ3n) is 3.51. The van der Waals surface area contributed by atoms with Crippen molar-refractivity contribution in [3.8, 4) is 0 Å². The Kier molecular flexibility index (Phi) is 4.97. The van der Waals surface area contributed by atoms with Gasteiger partial charge in [-0.3, -0.25) is 4.79 Å². The van der Waals surface area contributed by atoms with E-state index in [1.54, 1.807) is 18.2 Å². The Balaban J connectivity index is 2.32. The molecule has 21 heavy (non-hydrogen) atoms. The lowest BCUT2D eigenvalue weighted by Crippen LogP contribution is -2.25. The molecule has 2 N–H and O–H groups in total. The highest BCUT2D eigenvalue weighted by atomic mass is 19.1. The van der Waals surface area contributed by atoms with Crippen LogP contribution in [0.4, 0.5) is 4.39 Å². The van der Waals surface area contributed by atoms with Crippen molar-refractivity contribution in [3.63, 3.8) is 0 Å². The number of hydrogen-bond acceptors (Lipinski definition) is 4. The minimum atomic E-state index is -0.922. The monoisotopic (exact) mass is 292 g/mol. The summed E-state index contributed by atoms with van der Waals surface area (Å²) in [6, 6.07) is 6.34. The summed E-state index contributed by atoms with van der Waals surface area (Å²) in [6.45, 7) is 1.91. The zero-order valence-corrected chi connectivity index (χ0v) is 11.7. The molecular formula is C14H17FN4O2. The molecule has 0 amide bonds. The van der Waals surface area contributed by atoms with Crippen molar-refractivity contribution in [2.75, 3.05) is 0 Å². The Bertz CT molecular complexity index is 588. The second-order valence-electron chi connectivity index (χ2n) is 4.92. The Morgan fingerprint density at radius 2 is 2.19 bits per heavy atom. The lowest BCUT2D eigenvalue weighted by Gasteiger charge is -2.21. The topological polar surface area (TPSA) is 91.8 Å². The largest absolute Gasteiger partial charge is 0.481 e. The van der Waals surface area contributed by atoms with E-state index in [1.807, 2.05) is 6.92 Å². The molecule has 7 heteroatoms. The molecule has 1 aromatic carbocycles. The lowest BCUT2D eigenvalue weighted by molar-refractivity contribution is -0.143. The summed E-state index contributed by atoms with van der Waals surface area (Å²) >= 11 is 0. The summed E-state index contributed by atoms with van der Waals surface area (Å²) in [6.07, 6.45) is 1.43. The lowest BCUT2D eigenvalue weighted by atomic mass is 9.83. The van der Waals surface area contributed by atoms with Crippen LogP contribution in [0.1, 0.15) is 37.1 Å². The van der Waals surface area contributed by atoms with Crippen LogP contribution in [-0.2, 0) is 11.2 Å². The maximum absolute atomic E-state index is 13.8. The highest BCUT2D eigenvalue weighted by molar-refractivity contribution is 5.71. The van der Waals surface area contributed by atoms with Crippen molar-refractivity contribution in [1.82, 2.24) is 20.6 Å². The number of carbonyl (C=O) groups is 1. The summed E-state index contributed by atoms with van der Waals surface area (Å²) in [7, 11) is 0. The molecule has 6 nitrogen and oxygen atoms in total. The van der Waals surface area contributed by atoms with Crippen molar-refractivity contribution in [3.05, 3.63) is 41.5 Å². The number of H-pyrrole nitrogens is 1. The number of hydrogen-bond donors (Lipinski definition) is 2. The molecule has 0 saturated heterocycles. The predicted molar refractivity (Wildman–Crippen MR) is 73.1 cm³/mol. The Morgan fingerprint density at radius 3 is 2.76 bits per heavy atom. The Labute approximate surface area is 121 Å². The fraction of sp³-hybridized carbons (Fsp3) is 0.429. The first-order valence-corrected chi connectivity index (χ1v) is 6.83. The van der Waals surface area contributed by atoms with E-state index in [0.29, 0.717) is 24.2 Å². The van der Waals surface area contributed by atoms with Gasteiger partial charge < -0.3 is 5.11 Å². The summed E-state index contributed by atoms with van der Waals surface area (Å²) in [4.78, 5) is 11.5. The van der Waals surface area contributed by atoms with Crippen molar-refractivity contribution in [2.24, 2.45) is 5.92 Å². The standard InChI is InChI=1S/C14H17FN4O2/c1-2-5-10(14(20)21)11(13-16-18-19-17-13)8-9-6-3-4-7-12(9)15/h3-4,6-7,10-11H,2,5,8H2,1H3,(H,20,21)(H,16,17,18,19)/t10?,11-/m0/s1. The molecule has 112 valence electrons. The molecule has 2 atom stereocenters. The average molecular weight is 292 g/mol. The fourth-order valence-electron chi connectivity index (χ4n) is 2.46.